The molecule has 0 fully saturated rings. The second-order valence-corrected chi connectivity index (χ2v) is 5.74. The van der Waals surface area contributed by atoms with Crippen LogP contribution in [0.1, 0.15) is 18.2 Å². The van der Waals surface area contributed by atoms with Gasteiger partial charge in [0.25, 0.3) is 0 Å². The van der Waals surface area contributed by atoms with Crippen molar-refractivity contribution in [2.75, 3.05) is 11.9 Å². The number of ether oxygens (including phenoxy) is 1. The van der Waals surface area contributed by atoms with E-state index in [0.29, 0.717) is 27.1 Å². The average molecular weight is 323 g/mol. The average Bonchev–Trinajstić information content (AvgIpc) is 2.45. The molecule has 0 N–H and O–H groups in total. The second kappa shape index (κ2) is 4.90. The molecule has 0 aliphatic carbocycles. The number of fused-ring (bicyclic) bond motifs is 1. The standard InChI is InChI=1S/C15H12Cl2N2O2/c1-15(9-5-3-4-6-10(9)16)13-11(7-8-12(17)18-13)19(2)14(20)21-15/h3-8H,1-2H3. The maximum atomic E-state index is 12.1. The van der Waals surface area contributed by atoms with E-state index in [1.165, 1.54) is 4.90 Å². The summed E-state index contributed by atoms with van der Waals surface area (Å²) in [5.74, 6) is 0. The molecule has 0 radical (unpaired) electrons. The minimum Gasteiger partial charge on any atom is -0.431 e. The second-order valence-electron chi connectivity index (χ2n) is 4.94. The number of aromatic nitrogens is 1. The number of halogens is 2. The van der Waals surface area contributed by atoms with Gasteiger partial charge in [0.1, 0.15) is 10.8 Å². The summed E-state index contributed by atoms with van der Waals surface area (Å²) in [5.41, 5.74) is 0.801. The highest BCUT2D eigenvalue weighted by molar-refractivity contribution is 6.31. The highest BCUT2D eigenvalue weighted by Crippen LogP contribution is 2.44. The Morgan fingerprint density at radius 3 is 2.62 bits per heavy atom. The molecule has 1 aromatic heterocycles. The fraction of sp³-hybridized carbons (Fsp3) is 0.200. The fourth-order valence-corrected chi connectivity index (χ4v) is 2.93. The number of benzene rings is 1. The number of pyridine rings is 1. The van der Waals surface area contributed by atoms with Gasteiger partial charge in [-0.25, -0.2) is 9.78 Å². The molecule has 1 amide bonds. The van der Waals surface area contributed by atoms with Gasteiger partial charge in [-0.15, -0.1) is 0 Å². The lowest BCUT2D eigenvalue weighted by molar-refractivity contribution is 0.0491. The summed E-state index contributed by atoms with van der Waals surface area (Å²) in [6.45, 7) is 1.77. The van der Waals surface area contributed by atoms with E-state index >= 15 is 0 Å². The smallest absolute Gasteiger partial charge is 0.415 e. The predicted octanol–water partition coefficient (Wildman–Crippen LogP) is 4.24. The van der Waals surface area contributed by atoms with Crippen molar-refractivity contribution in [3.05, 3.63) is 57.8 Å². The molecule has 1 aliphatic rings. The van der Waals surface area contributed by atoms with Gasteiger partial charge in [0.05, 0.1) is 5.69 Å². The Hall–Kier alpha value is -1.78. The van der Waals surface area contributed by atoms with Crippen LogP contribution in [-0.4, -0.2) is 18.1 Å². The van der Waals surface area contributed by atoms with Gasteiger partial charge in [-0.3, -0.25) is 4.90 Å². The third-order valence-corrected chi connectivity index (χ3v) is 4.15. The molecule has 1 aliphatic heterocycles. The van der Waals surface area contributed by atoms with Gasteiger partial charge in [-0.1, -0.05) is 41.4 Å². The van der Waals surface area contributed by atoms with Gasteiger partial charge in [-0.05, 0) is 25.1 Å². The van der Waals surface area contributed by atoms with Crippen LogP contribution in [0.4, 0.5) is 10.5 Å². The molecule has 21 heavy (non-hydrogen) atoms. The van der Waals surface area contributed by atoms with Gasteiger partial charge in [0, 0.05) is 17.6 Å². The normalized spacial score (nSPS) is 21.0. The summed E-state index contributed by atoms with van der Waals surface area (Å²) in [6, 6.07) is 10.6. The van der Waals surface area contributed by atoms with Crippen molar-refractivity contribution < 1.29 is 9.53 Å². The van der Waals surface area contributed by atoms with Gasteiger partial charge in [0.15, 0.2) is 5.60 Å². The molecule has 1 aromatic carbocycles. The molecule has 2 heterocycles. The summed E-state index contributed by atoms with van der Waals surface area (Å²) in [4.78, 5) is 17.9. The van der Waals surface area contributed by atoms with E-state index in [1.807, 2.05) is 18.2 Å². The third-order valence-electron chi connectivity index (χ3n) is 3.61. The molecule has 4 nitrogen and oxygen atoms in total. The van der Waals surface area contributed by atoms with Gasteiger partial charge < -0.3 is 4.74 Å². The minimum atomic E-state index is -1.08. The maximum absolute atomic E-state index is 12.1. The Morgan fingerprint density at radius 1 is 1.19 bits per heavy atom. The fourth-order valence-electron chi connectivity index (χ4n) is 2.47. The van der Waals surface area contributed by atoms with E-state index in [1.54, 1.807) is 32.2 Å². The molecule has 0 saturated carbocycles. The summed E-state index contributed by atoms with van der Waals surface area (Å²) in [6.07, 6.45) is -0.464. The molecule has 2 aromatic rings. The van der Waals surface area contributed by atoms with Crippen LogP contribution in [0.25, 0.3) is 0 Å². The Bertz CT molecular complexity index is 735. The van der Waals surface area contributed by atoms with Gasteiger partial charge >= 0.3 is 6.09 Å². The summed E-state index contributed by atoms with van der Waals surface area (Å²) in [7, 11) is 1.63. The summed E-state index contributed by atoms with van der Waals surface area (Å²) < 4.78 is 5.62. The number of carbonyl (C=O) groups is 1. The number of rotatable bonds is 1. The van der Waals surface area contributed by atoms with E-state index in [0.717, 1.165) is 0 Å². The van der Waals surface area contributed by atoms with Crippen LogP contribution in [-0.2, 0) is 10.3 Å². The first-order valence-corrected chi connectivity index (χ1v) is 7.08. The molecule has 3 rings (SSSR count). The Morgan fingerprint density at radius 2 is 1.90 bits per heavy atom. The van der Waals surface area contributed by atoms with E-state index < -0.39 is 11.7 Å². The van der Waals surface area contributed by atoms with Crippen LogP contribution in [0, 0.1) is 0 Å². The number of nitrogens with zero attached hydrogens (tertiary/aromatic N) is 2. The first-order chi connectivity index (χ1) is 9.93. The van der Waals surface area contributed by atoms with Crippen molar-refractivity contribution >= 4 is 35.0 Å². The number of amides is 1. The summed E-state index contributed by atoms with van der Waals surface area (Å²) >= 11 is 12.3. The third kappa shape index (κ3) is 2.15. The highest BCUT2D eigenvalue weighted by Gasteiger charge is 2.44. The molecule has 108 valence electrons. The monoisotopic (exact) mass is 322 g/mol. The Balaban J connectivity index is 2.29. The van der Waals surface area contributed by atoms with E-state index in [2.05, 4.69) is 4.98 Å². The number of anilines is 1. The molecular weight excluding hydrogens is 311 g/mol. The first-order valence-electron chi connectivity index (χ1n) is 6.32. The molecule has 0 bridgehead atoms. The van der Waals surface area contributed by atoms with Crippen LogP contribution in [0.2, 0.25) is 10.2 Å². The SMILES string of the molecule is CN1C(=O)OC(C)(c2ccccc2Cl)c2nc(Cl)ccc21. The predicted molar refractivity (Wildman–Crippen MR) is 82.0 cm³/mol. The zero-order chi connectivity index (χ0) is 15.2. The van der Waals surface area contributed by atoms with Crippen molar-refractivity contribution in [1.29, 1.82) is 0 Å². The first kappa shape index (κ1) is 14.2. The van der Waals surface area contributed by atoms with Crippen molar-refractivity contribution in [2.45, 2.75) is 12.5 Å². The number of carbonyl (C=O) groups excluding carboxylic acids is 1. The van der Waals surface area contributed by atoms with Crippen LogP contribution in [0.15, 0.2) is 36.4 Å². The molecule has 1 atom stereocenters. The number of hydrogen-bond donors (Lipinski definition) is 0. The number of cyclic esters (lactones) is 1. The van der Waals surface area contributed by atoms with Crippen LogP contribution in [0.5, 0.6) is 0 Å². The van der Waals surface area contributed by atoms with Crippen molar-refractivity contribution in [2.24, 2.45) is 0 Å². The highest BCUT2D eigenvalue weighted by atomic mass is 35.5. The quantitative estimate of drug-likeness (QED) is 0.737. The molecule has 6 heteroatoms. The van der Waals surface area contributed by atoms with Gasteiger partial charge in [0.2, 0.25) is 0 Å². The summed E-state index contributed by atoms with van der Waals surface area (Å²) in [5, 5.41) is 0.837. The Labute approximate surface area is 132 Å². The van der Waals surface area contributed by atoms with E-state index in [-0.39, 0.29) is 0 Å². The number of hydrogen-bond acceptors (Lipinski definition) is 3. The van der Waals surface area contributed by atoms with Crippen molar-refractivity contribution in [3.8, 4) is 0 Å². The zero-order valence-electron chi connectivity index (χ0n) is 11.4. The molecule has 0 saturated heterocycles. The van der Waals surface area contributed by atoms with Crippen molar-refractivity contribution in [3.63, 3.8) is 0 Å². The molecular formula is C15H12Cl2N2O2. The van der Waals surface area contributed by atoms with Crippen molar-refractivity contribution in [1.82, 2.24) is 4.98 Å². The lowest BCUT2D eigenvalue weighted by Crippen LogP contribution is -2.44. The van der Waals surface area contributed by atoms with E-state index in [4.69, 9.17) is 27.9 Å². The minimum absolute atomic E-state index is 0.332. The maximum Gasteiger partial charge on any atom is 0.415 e. The van der Waals surface area contributed by atoms with Crippen LogP contribution >= 0.6 is 23.2 Å². The lowest BCUT2D eigenvalue weighted by Gasteiger charge is -2.38. The molecule has 0 spiro atoms. The van der Waals surface area contributed by atoms with Crippen LogP contribution in [0.3, 0.4) is 0 Å². The lowest BCUT2D eigenvalue weighted by atomic mass is 9.89. The van der Waals surface area contributed by atoms with Crippen LogP contribution < -0.4 is 4.90 Å². The largest absolute Gasteiger partial charge is 0.431 e. The van der Waals surface area contributed by atoms with E-state index in [9.17, 15) is 4.79 Å². The zero-order valence-corrected chi connectivity index (χ0v) is 12.9. The topological polar surface area (TPSA) is 42.4 Å². The Kier molecular flexibility index (Phi) is 3.30. The van der Waals surface area contributed by atoms with Gasteiger partial charge in [-0.2, -0.15) is 0 Å². The molecule has 1 unspecified atom stereocenters.